The molecule has 0 saturated carbocycles. The van der Waals surface area contributed by atoms with Gasteiger partial charge < -0.3 is 15.5 Å². The maximum absolute atomic E-state index is 6.46. The van der Waals surface area contributed by atoms with Gasteiger partial charge in [-0.25, -0.2) is 9.97 Å². The lowest BCUT2D eigenvalue weighted by Crippen LogP contribution is -2.46. The molecule has 7 nitrogen and oxygen atoms in total. The molecule has 2 aromatic heterocycles. The Morgan fingerprint density at radius 3 is 2.46 bits per heavy atom. The number of hydrogen-bond acceptors (Lipinski definition) is 7. The summed E-state index contributed by atoms with van der Waals surface area (Å²) < 4.78 is 0. The first kappa shape index (κ1) is 24.0. The fourth-order valence-electron chi connectivity index (χ4n) is 4.91. The summed E-state index contributed by atoms with van der Waals surface area (Å²) >= 11 is 12.6. The quantitative estimate of drug-likeness (QED) is 0.310. The van der Waals surface area contributed by atoms with Crippen LogP contribution in [0, 0.1) is 0 Å². The van der Waals surface area contributed by atoms with E-state index in [1.807, 2.05) is 24.3 Å². The maximum atomic E-state index is 6.46. The van der Waals surface area contributed by atoms with Crippen LogP contribution in [0.5, 0.6) is 0 Å². The van der Waals surface area contributed by atoms with Crippen LogP contribution in [-0.2, 0) is 19.4 Å². The van der Waals surface area contributed by atoms with Gasteiger partial charge >= 0.3 is 0 Å². The molecule has 4 aromatic rings. The number of halogens is 2. The molecule has 0 aliphatic carbocycles. The molecular formula is C28H27Cl2N7. The monoisotopic (exact) mass is 531 g/mol. The van der Waals surface area contributed by atoms with Gasteiger partial charge in [-0.2, -0.15) is 4.98 Å². The Hall–Kier alpha value is -3.39. The van der Waals surface area contributed by atoms with Gasteiger partial charge in [0.25, 0.3) is 0 Å². The Bertz CT molecular complexity index is 1420. The van der Waals surface area contributed by atoms with Gasteiger partial charge in [0.05, 0.1) is 6.20 Å². The SMILES string of the molecule is Clc1cccc(N2CCN(Cc3cc4cc(c3)Nc3nc(ncc3Cl)Nc3cccc(c3)CC4)CC2)n1. The molecule has 0 spiro atoms. The lowest BCUT2D eigenvalue weighted by Gasteiger charge is -2.35. The van der Waals surface area contributed by atoms with Crippen molar-refractivity contribution in [3.05, 3.63) is 93.7 Å². The highest BCUT2D eigenvalue weighted by atomic mass is 35.5. The van der Waals surface area contributed by atoms with Gasteiger partial charge in [-0.05, 0) is 65.9 Å². The largest absolute Gasteiger partial charge is 0.354 e. The number of hydrogen-bond donors (Lipinski definition) is 2. The smallest absolute Gasteiger partial charge is 0.229 e. The van der Waals surface area contributed by atoms with Crippen LogP contribution in [0.15, 0.2) is 66.9 Å². The number of benzene rings is 2. The summed E-state index contributed by atoms with van der Waals surface area (Å²) in [6.45, 7) is 4.63. The molecule has 4 heterocycles. The highest BCUT2D eigenvalue weighted by Gasteiger charge is 2.19. The molecule has 37 heavy (non-hydrogen) atoms. The average molecular weight is 532 g/mol. The lowest BCUT2D eigenvalue weighted by molar-refractivity contribution is 0.249. The predicted molar refractivity (Wildman–Crippen MR) is 151 cm³/mol. The Labute approximate surface area is 226 Å². The summed E-state index contributed by atoms with van der Waals surface area (Å²) in [6, 6.07) is 20.9. The van der Waals surface area contributed by atoms with E-state index < -0.39 is 0 Å². The molecule has 0 atom stereocenters. The summed E-state index contributed by atoms with van der Waals surface area (Å²) in [5.74, 6) is 2.03. The van der Waals surface area contributed by atoms with Gasteiger partial charge in [-0.1, -0.05) is 47.5 Å². The van der Waals surface area contributed by atoms with Crippen molar-refractivity contribution in [2.45, 2.75) is 19.4 Å². The number of rotatable bonds is 3. The standard InChI is InChI=1S/C28H27Cl2N7/c29-24-17-31-28-33-22-4-1-3-19(14-22)7-8-20-13-21(16-23(15-20)32-27(24)35-28)18-36-9-11-37(12-10-36)26-6-2-5-25(30)34-26/h1-6,13-17H,7-12,18H2,(H2,31,32,33,35). The summed E-state index contributed by atoms with van der Waals surface area (Å²) in [6.07, 6.45) is 3.52. The minimum Gasteiger partial charge on any atom is -0.354 e. The molecule has 2 aromatic carbocycles. The highest BCUT2D eigenvalue weighted by molar-refractivity contribution is 6.33. The lowest BCUT2D eigenvalue weighted by atomic mass is 10.0. The van der Waals surface area contributed by atoms with Crippen LogP contribution in [0.2, 0.25) is 10.2 Å². The first-order chi connectivity index (χ1) is 18.1. The van der Waals surface area contributed by atoms with Crippen LogP contribution in [0.3, 0.4) is 0 Å². The molecule has 188 valence electrons. The second-order valence-electron chi connectivity index (χ2n) is 9.46. The Balaban J connectivity index is 1.24. The minimum atomic E-state index is 0.479. The number of anilines is 5. The number of pyridine rings is 1. The van der Waals surface area contributed by atoms with Crippen molar-refractivity contribution >= 4 is 52.2 Å². The van der Waals surface area contributed by atoms with Crippen molar-refractivity contribution in [1.82, 2.24) is 19.9 Å². The van der Waals surface area contributed by atoms with Crippen molar-refractivity contribution in [3.8, 4) is 0 Å². The molecular weight excluding hydrogens is 505 g/mol. The number of nitrogens with one attached hydrogen (secondary N) is 2. The van der Waals surface area contributed by atoms with E-state index in [1.54, 1.807) is 6.20 Å². The highest BCUT2D eigenvalue weighted by Crippen LogP contribution is 2.28. The summed E-state index contributed by atoms with van der Waals surface area (Å²) in [5, 5.41) is 7.75. The number of aryl methyl sites for hydroxylation is 2. The third-order valence-electron chi connectivity index (χ3n) is 6.75. The molecule has 0 unspecified atom stereocenters. The van der Waals surface area contributed by atoms with E-state index in [0.717, 1.165) is 62.8 Å². The fraction of sp³-hybridized carbons (Fsp3) is 0.250. The molecule has 6 rings (SSSR count). The van der Waals surface area contributed by atoms with E-state index in [2.05, 4.69) is 71.8 Å². The predicted octanol–water partition coefficient (Wildman–Crippen LogP) is 6.09. The molecule has 9 heteroatoms. The number of aromatic nitrogens is 3. The Morgan fingerprint density at radius 2 is 1.59 bits per heavy atom. The summed E-state index contributed by atoms with van der Waals surface area (Å²) in [4.78, 5) is 18.2. The van der Waals surface area contributed by atoms with Gasteiger partial charge in [0.15, 0.2) is 5.82 Å². The summed E-state index contributed by atoms with van der Waals surface area (Å²) in [7, 11) is 0. The second-order valence-corrected chi connectivity index (χ2v) is 10.3. The van der Waals surface area contributed by atoms with Crippen molar-refractivity contribution in [1.29, 1.82) is 0 Å². The fourth-order valence-corrected chi connectivity index (χ4v) is 5.21. The first-order valence-electron chi connectivity index (χ1n) is 12.5. The Kier molecular flexibility index (Phi) is 6.83. The van der Waals surface area contributed by atoms with Gasteiger partial charge in [0.1, 0.15) is 16.0 Å². The van der Waals surface area contributed by atoms with Crippen LogP contribution in [-0.4, -0.2) is 46.0 Å². The van der Waals surface area contributed by atoms with Crippen molar-refractivity contribution in [3.63, 3.8) is 0 Å². The summed E-state index contributed by atoms with van der Waals surface area (Å²) in [5.41, 5.74) is 5.76. The van der Waals surface area contributed by atoms with E-state index in [4.69, 9.17) is 23.2 Å². The van der Waals surface area contributed by atoms with E-state index in [-0.39, 0.29) is 0 Å². The normalized spacial score (nSPS) is 15.6. The minimum absolute atomic E-state index is 0.479. The van der Waals surface area contributed by atoms with Crippen LogP contribution in [0.25, 0.3) is 0 Å². The topological polar surface area (TPSA) is 69.2 Å². The molecule has 2 aliphatic heterocycles. The van der Waals surface area contributed by atoms with Gasteiger partial charge in [-0.15, -0.1) is 0 Å². The van der Waals surface area contributed by atoms with Gasteiger partial charge in [0, 0.05) is 44.1 Å². The zero-order valence-electron chi connectivity index (χ0n) is 20.3. The van der Waals surface area contributed by atoms with Crippen LogP contribution >= 0.6 is 23.2 Å². The van der Waals surface area contributed by atoms with E-state index in [1.165, 1.54) is 16.7 Å². The maximum Gasteiger partial charge on any atom is 0.229 e. The molecule has 0 amide bonds. The van der Waals surface area contributed by atoms with E-state index >= 15 is 0 Å². The molecule has 6 bridgehead atoms. The third kappa shape index (κ3) is 5.80. The van der Waals surface area contributed by atoms with Crippen LogP contribution in [0.4, 0.5) is 29.0 Å². The second kappa shape index (κ2) is 10.5. The molecule has 1 fully saturated rings. The number of nitrogens with zero attached hydrogens (tertiary/aromatic N) is 5. The zero-order chi connectivity index (χ0) is 25.2. The zero-order valence-corrected chi connectivity index (χ0v) is 21.8. The van der Waals surface area contributed by atoms with Gasteiger partial charge in [0.2, 0.25) is 5.95 Å². The first-order valence-corrected chi connectivity index (χ1v) is 13.2. The van der Waals surface area contributed by atoms with Crippen molar-refractivity contribution in [2.24, 2.45) is 0 Å². The van der Waals surface area contributed by atoms with Gasteiger partial charge in [-0.3, -0.25) is 4.90 Å². The molecule has 0 radical (unpaired) electrons. The van der Waals surface area contributed by atoms with Crippen molar-refractivity contribution < 1.29 is 0 Å². The van der Waals surface area contributed by atoms with E-state index in [9.17, 15) is 0 Å². The van der Waals surface area contributed by atoms with E-state index in [0.29, 0.717) is 21.9 Å². The van der Waals surface area contributed by atoms with Crippen LogP contribution in [0.1, 0.15) is 16.7 Å². The Morgan fingerprint density at radius 1 is 0.784 bits per heavy atom. The number of piperazine rings is 1. The third-order valence-corrected chi connectivity index (χ3v) is 7.23. The van der Waals surface area contributed by atoms with Crippen molar-refractivity contribution in [2.75, 3.05) is 41.7 Å². The molecule has 1 saturated heterocycles. The van der Waals surface area contributed by atoms with Crippen LogP contribution < -0.4 is 15.5 Å². The molecule has 2 N–H and O–H groups in total. The number of fused-ring (bicyclic) bond motifs is 6. The molecule has 2 aliphatic rings. The average Bonchev–Trinajstić information content (AvgIpc) is 2.90.